The summed E-state index contributed by atoms with van der Waals surface area (Å²) in [4.78, 5) is 23.5. The first kappa shape index (κ1) is 15.4. The minimum atomic E-state index is 0.133. The number of anilines is 1. The van der Waals surface area contributed by atoms with Crippen LogP contribution in [0.2, 0.25) is 0 Å². The summed E-state index contributed by atoms with van der Waals surface area (Å²) in [5.41, 5.74) is 2.50. The quantitative estimate of drug-likeness (QED) is 0.917. The maximum absolute atomic E-state index is 12.2. The Balaban J connectivity index is 1.55. The summed E-state index contributed by atoms with van der Waals surface area (Å²) in [7, 11) is 0. The van der Waals surface area contributed by atoms with Gasteiger partial charge in [-0.25, -0.2) is 4.98 Å². The van der Waals surface area contributed by atoms with E-state index in [2.05, 4.69) is 32.2 Å². The first-order valence-electron chi connectivity index (χ1n) is 9.02. The Bertz CT molecular complexity index is 747. The van der Waals surface area contributed by atoms with Gasteiger partial charge in [0.05, 0.1) is 5.69 Å². The lowest BCUT2D eigenvalue weighted by atomic mass is 9.95. The van der Waals surface area contributed by atoms with Crippen molar-refractivity contribution in [3.05, 3.63) is 17.6 Å². The summed E-state index contributed by atoms with van der Waals surface area (Å²) in [6.07, 6.45) is 7.58. The van der Waals surface area contributed by atoms with E-state index in [1.165, 1.54) is 11.3 Å². The number of carbonyl (C=O) groups excluding carboxylic acids is 1. The lowest BCUT2D eigenvalue weighted by molar-refractivity contribution is -0.125. The molecule has 0 saturated carbocycles. The van der Waals surface area contributed by atoms with Gasteiger partial charge in [-0.2, -0.15) is 14.6 Å². The molecule has 7 heteroatoms. The fourth-order valence-corrected chi connectivity index (χ4v) is 3.87. The van der Waals surface area contributed by atoms with Gasteiger partial charge in [-0.3, -0.25) is 4.79 Å². The number of hydrogen-bond donors (Lipinski definition) is 1. The molecule has 1 amide bonds. The highest BCUT2D eigenvalue weighted by Crippen LogP contribution is 2.32. The molecular weight excluding hydrogens is 304 g/mol. The van der Waals surface area contributed by atoms with Crippen molar-refractivity contribution >= 4 is 17.5 Å². The van der Waals surface area contributed by atoms with Crippen LogP contribution >= 0.6 is 0 Å². The Morgan fingerprint density at radius 3 is 2.96 bits per heavy atom. The van der Waals surface area contributed by atoms with E-state index in [-0.39, 0.29) is 11.8 Å². The first-order chi connectivity index (χ1) is 11.8. The van der Waals surface area contributed by atoms with Crippen LogP contribution in [0.25, 0.3) is 5.78 Å². The molecule has 128 valence electrons. The van der Waals surface area contributed by atoms with Crippen LogP contribution in [0.4, 0.5) is 5.82 Å². The van der Waals surface area contributed by atoms with Gasteiger partial charge in [-0.1, -0.05) is 6.92 Å². The number of aryl methyl sites for hydroxylation is 1. The zero-order chi connectivity index (χ0) is 16.5. The lowest BCUT2D eigenvalue weighted by Crippen LogP contribution is -2.41. The molecule has 4 rings (SSSR count). The molecule has 24 heavy (non-hydrogen) atoms. The molecular formula is C17H24N6O. The third-order valence-electron chi connectivity index (χ3n) is 5.14. The number of carbonyl (C=O) groups is 1. The standard InChI is InChI=1S/C17H24N6O/c1-2-8-18-15(24)12-6-9-22(10-7-12)16-13-4-3-5-14(13)21-17-19-11-20-23(16)17/h11-12H,2-10H2,1H3,(H,18,24). The molecule has 2 aromatic heterocycles. The van der Waals surface area contributed by atoms with Crippen LogP contribution in [-0.2, 0) is 17.6 Å². The molecule has 2 aromatic rings. The average Bonchev–Trinajstić information content (AvgIpc) is 3.26. The van der Waals surface area contributed by atoms with Crippen molar-refractivity contribution in [3.8, 4) is 0 Å². The number of fused-ring (bicyclic) bond motifs is 2. The van der Waals surface area contributed by atoms with Gasteiger partial charge in [-0.05, 0) is 38.5 Å². The van der Waals surface area contributed by atoms with E-state index < -0.39 is 0 Å². The smallest absolute Gasteiger partial charge is 0.254 e. The number of aromatic nitrogens is 4. The average molecular weight is 328 g/mol. The molecule has 0 radical (unpaired) electrons. The molecule has 1 aliphatic heterocycles. The molecule has 0 bridgehead atoms. The fourth-order valence-electron chi connectivity index (χ4n) is 3.87. The monoisotopic (exact) mass is 328 g/mol. The minimum absolute atomic E-state index is 0.133. The maximum atomic E-state index is 12.2. The zero-order valence-corrected chi connectivity index (χ0v) is 14.2. The van der Waals surface area contributed by atoms with Gasteiger partial charge < -0.3 is 10.2 Å². The van der Waals surface area contributed by atoms with E-state index in [1.54, 1.807) is 6.33 Å². The van der Waals surface area contributed by atoms with E-state index in [0.29, 0.717) is 5.78 Å². The number of nitrogens with one attached hydrogen (secondary N) is 1. The largest absolute Gasteiger partial charge is 0.356 e. The number of nitrogens with zero attached hydrogens (tertiary/aromatic N) is 5. The molecule has 0 spiro atoms. The number of piperidine rings is 1. The Labute approximate surface area is 141 Å². The van der Waals surface area contributed by atoms with Crippen molar-refractivity contribution in [2.45, 2.75) is 45.4 Å². The van der Waals surface area contributed by atoms with Crippen LogP contribution in [0.1, 0.15) is 43.9 Å². The molecule has 1 aliphatic carbocycles. The van der Waals surface area contributed by atoms with Crippen molar-refractivity contribution in [1.29, 1.82) is 0 Å². The maximum Gasteiger partial charge on any atom is 0.254 e. The highest BCUT2D eigenvalue weighted by Gasteiger charge is 2.29. The van der Waals surface area contributed by atoms with Gasteiger partial charge in [0, 0.05) is 31.1 Å². The summed E-state index contributed by atoms with van der Waals surface area (Å²) in [5.74, 6) is 2.18. The van der Waals surface area contributed by atoms with E-state index in [9.17, 15) is 4.79 Å². The highest BCUT2D eigenvalue weighted by atomic mass is 16.1. The van der Waals surface area contributed by atoms with Crippen molar-refractivity contribution < 1.29 is 4.79 Å². The molecule has 7 nitrogen and oxygen atoms in total. The SMILES string of the molecule is CCCNC(=O)C1CCN(c2c3c(nc4ncnn24)CCC3)CC1. The molecule has 0 atom stereocenters. The zero-order valence-electron chi connectivity index (χ0n) is 14.2. The van der Waals surface area contributed by atoms with Crippen molar-refractivity contribution in [2.75, 3.05) is 24.5 Å². The van der Waals surface area contributed by atoms with Crippen LogP contribution in [-0.4, -0.2) is 45.1 Å². The predicted molar refractivity (Wildman–Crippen MR) is 91.0 cm³/mol. The summed E-state index contributed by atoms with van der Waals surface area (Å²) in [5, 5.41) is 7.42. The van der Waals surface area contributed by atoms with E-state index in [0.717, 1.165) is 64.0 Å². The summed E-state index contributed by atoms with van der Waals surface area (Å²) in [6, 6.07) is 0. The second kappa shape index (κ2) is 6.37. The lowest BCUT2D eigenvalue weighted by Gasteiger charge is -2.33. The molecule has 1 fully saturated rings. The van der Waals surface area contributed by atoms with Crippen molar-refractivity contribution in [1.82, 2.24) is 24.9 Å². The second-order valence-electron chi connectivity index (χ2n) is 6.74. The van der Waals surface area contributed by atoms with Crippen LogP contribution in [0.5, 0.6) is 0 Å². The van der Waals surface area contributed by atoms with Gasteiger partial charge in [0.2, 0.25) is 5.91 Å². The minimum Gasteiger partial charge on any atom is -0.356 e. The third-order valence-corrected chi connectivity index (χ3v) is 5.14. The topological polar surface area (TPSA) is 75.4 Å². The molecule has 1 saturated heterocycles. The number of amides is 1. The normalized spacial score (nSPS) is 18.1. The van der Waals surface area contributed by atoms with E-state index >= 15 is 0 Å². The number of rotatable bonds is 4. The van der Waals surface area contributed by atoms with Crippen LogP contribution in [0, 0.1) is 5.92 Å². The molecule has 2 aliphatic rings. The first-order valence-corrected chi connectivity index (χ1v) is 9.02. The Hall–Kier alpha value is -2.18. The third kappa shape index (κ3) is 2.61. The molecule has 3 heterocycles. The molecule has 0 aromatic carbocycles. The summed E-state index contributed by atoms with van der Waals surface area (Å²) in [6.45, 7) is 4.62. The van der Waals surface area contributed by atoms with Crippen molar-refractivity contribution in [3.63, 3.8) is 0 Å². The van der Waals surface area contributed by atoms with Gasteiger partial charge in [0.1, 0.15) is 12.1 Å². The van der Waals surface area contributed by atoms with Crippen LogP contribution in [0.3, 0.4) is 0 Å². The van der Waals surface area contributed by atoms with Crippen LogP contribution < -0.4 is 10.2 Å². The van der Waals surface area contributed by atoms with E-state index in [1.807, 2.05) is 4.52 Å². The highest BCUT2D eigenvalue weighted by molar-refractivity contribution is 5.79. The molecule has 0 unspecified atom stereocenters. The van der Waals surface area contributed by atoms with Crippen molar-refractivity contribution in [2.24, 2.45) is 5.92 Å². The Morgan fingerprint density at radius 1 is 1.33 bits per heavy atom. The van der Waals surface area contributed by atoms with Gasteiger partial charge in [-0.15, -0.1) is 0 Å². The Kier molecular flexibility index (Phi) is 4.08. The van der Waals surface area contributed by atoms with Crippen LogP contribution in [0.15, 0.2) is 6.33 Å². The fraction of sp³-hybridized carbons (Fsp3) is 0.647. The van der Waals surface area contributed by atoms with Gasteiger partial charge >= 0.3 is 0 Å². The van der Waals surface area contributed by atoms with E-state index in [4.69, 9.17) is 0 Å². The van der Waals surface area contributed by atoms with Gasteiger partial charge in [0.25, 0.3) is 5.78 Å². The van der Waals surface area contributed by atoms with Gasteiger partial charge in [0.15, 0.2) is 0 Å². The number of hydrogen-bond acceptors (Lipinski definition) is 5. The molecule has 1 N–H and O–H groups in total. The Morgan fingerprint density at radius 2 is 2.17 bits per heavy atom. The summed E-state index contributed by atoms with van der Waals surface area (Å²) >= 11 is 0. The predicted octanol–water partition coefficient (Wildman–Crippen LogP) is 1.36. The second-order valence-corrected chi connectivity index (χ2v) is 6.74. The summed E-state index contributed by atoms with van der Waals surface area (Å²) < 4.78 is 1.88.